The van der Waals surface area contributed by atoms with E-state index >= 15 is 0 Å². The summed E-state index contributed by atoms with van der Waals surface area (Å²) in [5.74, 6) is -0.200. The average Bonchev–Trinajstić information content (AvgIpc) is 2.27. The summed E-state index contributed by atoms with van der Waals surface area (Å²) in [6.07, 6.45) is -6.85. The first-order valence-electron chi connectivity index (χ1n) is 5.02. The van der Waals surface area contributed by atoms with E-state index in [0.29, 0.717) is 12.3 Å². The van der Waals surface area contributed by atoms with Gasteiger partial charge in [0.25, 0.3) is 0 Å². The zero-order chi connectivity index (χ0) is 13.9. The van der Waals surface area contributed by atoms with Crippen LogP contribution < -0.4 is 5.73 Å². The van der Waals surface area contributed by atoms with E-state index in [1.807, 2.05) is 0 Å². The lowest BCUT2D eigenvalue weighted by atomic mass is 10.0. The number of aliphatic hydroxyl groups excluding tert-OH is 2. The van der Waals surface area contributed by atoms with Gasteiger partial charge < -0.3 is 15.9 Å². The molecule has 1 heterocycles. The van der Waals surface area contributed by atoms with Crippen molar-refractivity contribution in [2.75, 3.05) is 11.6 Å². The fourth-order valence-electron chi connectivity index (χ4n) is 1.36. The number of halogens is 4. The molecule has 18 heavy (non-hydrogen) atoms. The molecule has 0 radical (unpaired) electrons. The molecule has 0 saturated heterocycles. The third-order valence-electron chi connectivity index (χ3n) is 2.36. The molecule has 0 bridgehead atoms. The van der Waals surface area contributed by atoms with Crippen LogP contribution in [0, 0.1) is 0 Å². The first kappa shape index (κ1) is 15.0. The summed E-state index contributed by atoms with van der Waals surface area (Å²) < 4.78 is 37.4. The van der Waals surface area contributed by atoms with Crippen molar-refractivity contribution >= 4 is 17.4 Å². The zero-order valence-corrected chi connectivity index (χ0v) is 9.91. The molecular weight excluding hydrogens is 273 g/mol. The minimum atomic E-state index is -4.59. The van der Waals surface area contributed by atoms with Crippen molar-refractivity contribution in [3.63, 3.8) is 0 Å². The van der Waals surface area contributed by atoms with Gasteiger partial charge in [-0.25, -0.2) is 4.98 Å². The normalized spacial score (nSPS) is 15.4. The average molecular weight is 285 g/mol. The molecule has 0 fully saturated rings. The topological polar surface area (TPSA) is 79.4 Å². The number of nitrogens with two attached hydrogens (primary N) is 1. The first-order valence-corrected chi connectivity index (χ1v) is 5.55. The van der Waals surface area contributed by atoms with E-state index in [2.05, 4.69) is 4.98 Å². The molecule has 2 unspecified atom stereocenters. The summed E-state index contributed by atoms with van der Waals surface area (Å²) in [5, 5.41) is 19.2. The molecule has 4 N–H and O–H groups in total. The van der Waals surface area contributed by atoms with Crippen LogP contribution in [0.1, 0.15) is 23.7 Å². The molecule has 0 amide bonds. The van der Waals surface area contributed by atoms with Crippen LogP contribution in [0.2, 0.25) is 0 Å². The Bertz CT molecular complexity index is 415. The maximum absolute atomic E-state index is 12.5. The summed E-state index contributed by atoms with van der Waals surface area (Å²) in [6, 6.07) is 0.671. The maximum atomic E-state index is 12.5. The number of anilines is 1. The van der Waals surface area contributed by atoms with Crippen LogP contribution in [0.4, 0.5) is 19.0 Å². The second-order valence-corrected chi connectivity index (χ2v) is 4.06. The van der Waals surface area contributed by atoms with Crippen molar-refractivity contribution < 1.29 is 23.4 Å². The van der Waals surface area contributed by atoms with Gasteiger partial charge in [0.15, 0.2) is 0 Å². The van der Waals surface area contributed by atoms with Crippen molar-refractivity contribution in [2.24, 2.45) is 0 Å². The Labute approximate surface area is 106 Å². The van der Waals surface area contributed by atoms with Gasteiger partial charge in [-0.15, -0.1) is 11.6 Å². The first-order chi connectivity index (χ1) is 8.27. The van der Waals surface area contributed by atoms with E-state index in [1.165, 1.54) is 0 Å². The number of hydrogen-bond acceptors (Lipinski definition) is 4. The Morgan fingerprint density at radius 1 is 1.39 bits per heavy atom. The molecule has 0 aliphatic heterocycles. The molecule has 1 aromatic heterocycles. The van der Waals surface area contributed by atoms with Gasteiger partial charge in [0, 0.05) is 17.6 Å². The van der Waals surface area contributed by atoms with Crippen LogP contribution in [0.15, 0.2) is 12.3 Å². The number of rotatable bonds is 4. The van der Waals surface area contributed by atoms with Crippen molar-refractivity contribution in [3.05, 3.63) is 23.4 Å². The molecule has 8 heteroatoms. The smallest absolute Gasteiger partial charge is 0.390 e. The van der Waals surface area contributed by atoms with Gasteiger partial charge in [-0.3, -0.25) is 0 Å². The highest BCUT2D eigenvalue weighted by atomic mass is 35.5. The summed E-state index contributed by atoms with van der Waals surface area (Å²) in [7, 11) is 0. The molecule has 0 aromatic carbocycles. The molecule has 0 saturated carbocycles. The molecule has 4 nitrogen and oxygen atoms in total. The number of nitrogen functional groups attached to an aromatic ring is 1. The van der Waals surface area contributed by atoms with Crippen LogP contribution >= 0.6 is 11.6 Å². The number of alkyl halides is 4. The Balaban J connectivity index is 3.08. The predicted octanol–water partition coefficient (Wildman–Crippen LogP) is 1.71. The number of aliphatic hydroxyl groups is 2. The van der Waals surface area contributed by atoms with Crippen LogP contribution in [-0.2, 0) is 6.18 Å². The van der Waals surface area contributed by atoms with Crippen molar-refractivity contribution in [1.29, 1.82) is 0 Å². The number of aromatic nitrogens is 1. The third kappa shape index (κ3) is 3.47. The fourth-order valence-corrected chi connectivity index (χ4v) is 1.58. The summed E-state index contributed by atoms with van der Waals surface area (Å²) in [6.45, 7) is 0. The maximum Gasteiger partial charge on any atom is 0.417 e. The second-order valence-electron chi connectivity index (χ2n) is 3.69. The Hall–Kier alpha value is -1.05. The minimum absolute atomic E-state index is 0.0262. The van der Waals surface area contributed by atoms with Crippen molar-refractivity contribution in [1.82, 2.24) is 4.98 Å². The number of nitrogens with zero attached hydrogens (tertiary/aromatic N) is 1. The van der Waals surface area contributed by atoms with Gasteiger partial charge >= 0.3 is 6.18 Å². The molecular formula is C10H12ClF3N2O2. The SMILES string of the molecule is Nc1ncc(C(F)(F)F)cc1C(O)C(O)CCCl. The second kappa shape index (κ2) is 5.73. The highest BCUT2D eigenvalue weighted by Gasteiger charge is 2.33. The van der Waals surface area contributed by atoms with Crippen molar-refractivity contribution in [3.8, 4) is 0 Å². The lowest BCUT2D eigenvalue weighted by molar-refractivity contribution is -0.138. The molecule has 102 valence electrons. The van der Waals surface area contributed by atoms with E-state index in [1.54, 1.807) is 0 Å². The highest BCUT2D eigenvalue weighted by Crippen LogP contribution is 2.32. The molecule has 1 rings (SSSR count). The highest BCUT2D eigenvalue weighted by molar-refractivity contribution is 6.17. The van der Waals surface area contributed by atoms with Crippen LogP contribution in [0.3, 0.4) is 0 Å². The van der Waals surface area contributed by atoms with Gasteiger partial charge in [0.2, 0.25) is 0 Å². The molecule has 1 aromatic rings. The summed E-state index contributed by atoms with van der Waals surface area (Å²) in [4.78, 5) is 3.36. The molecule has 0 aliphatic carbocycles. The van der Waals surface area contributed by atoms with E-state index in [9.17, 15) is 23.4 Å². The lowest BCUT2D eigenvalue weighted by Gasteiger charge is -2.19. The third-order valence-corrected chi connectivity index (χ3v) is 2.58. The van der Waals surface area contributed by atoms with Crippen LogP contribution in [-0.4, -0.2) is 27.2 Å². The number of hydrogen-bond donors (Lipinski definition) is 3. The van der Waals surface area contributed by atoms with E-state index in [4.69, 9.17) is 17.3 Å². The molecule has 0 spiro atoms. The van der Waals surface area contributed by atoms with Crippen LogP contribution in [0.5, 0.6) is 0 Å². The fraction of sp³-hybridized carbons (Fsp3) is 0.500. The van der Waals surface area contributed by atoms with E-state index in [-0.39, 0.29) is 23.7 Å². The number of pyridine rings is 1. The zero-order valence-electron chi connectivity index (χ0n) is 9.15. The monoisotopic (exact) mass is 284 g/mol. The Kier molecular flexibility index (Phi) is 4.78. The molecule has 2 atom stereocenters. The minimum Gasteiger partial charge on any atom is -0.390 e. The molecule has 0 aliphatic rings. The van der Waals surface area contributed by atoms with E-state index in [0.717, 1.165) is 0 Å². The quantitative estimate of drug-likeness (QED) is 0.735. The Morgan fingerprint density at radius 2 is 2.00 bits per heavy atom. The lowest BCUT2D eigenvalue weighted by Crippen LogP contribution is -2.21. The van der Waals surface area contributed by atoms with Gasteiger partial charge in [0.1, 0.15) is 11.9 Å². The largest absolute Gasteiger partial charge is 0.417 e. The van der Waals surface area contributed by atoms with Gasteiger partial charge in [0.05, 0.1) is 11.7 Å². The van der Waals surface area contributed by atoms with Crippen LogP contribution in [0.25, 0.3) is 0 Å². The van der Waals surface area contributed by atoms with Gasteiger partial charge in [-0.1, -0.05) is 0 Å². The van der Waals surface area contributed by atoms with E-state index < -0.39 is 23.9 Å². The Morgan fingerprint density at radius 3 is 2.50 bits per heavy atom. The van der Waals surface area contributed by atoms with Gasteiger partial charge in [-0.05, 0) is 12.5 Å². The standard InChI is InChI=1S/C10H12ClF3N2O2/c11-2-1-7(17)8(18)6-3-5(10(12,13)14)4-16-9(6)15/h3-4,7-8,17-18H,1-2H2,(H2,15,16). The predicted molar refractivity (Wildman–Crippen MR) is 60.0 cm³/mol. The summed E-state index contributed by atoms with van der Waals surface area (Å²) in [5.41, 5.74) is 4.09. The van der Waals surface area contributed by atoms with Gasteiger partial charge in [-0.2, -0.15) is 13.2 Å². The van der Waals surface area contributed by atoms with Crippen molar-refractivity contribution in [2.45, 2.75) is 24.8 Å². The summed E-state index contributed by atoms with van der Waals surface area (Å²) >= 11 is 5.37.